The van der Waals surface area contributed by atoms with Crippen LogP contribution in [0.1, 0.15) is 69.0 Å². The van der Waals surface area contributed by atoms with Gasteiger partial charge in [0.2, 0.25) is 0 Å². The molecule has 1 aliphatic carbocycles. The van der Waals surface area contributed by atoms with Crippen LogP contribution in [0.25, 0.3) is 49.6 Å². The van der Waals surface area contributed by atoms with E-state index in [1.54, 1.807) is 68.4 Å². The molecule has 0 saturated carbocycles. The van der Waals surface area contributed by atoms with Crippen molar-refractivity contribution in [2.75, 3.05) is 4.93 Å². The average molecular weight is 947 g/mol. The summed E-state index contributed by atoms with van der Waals surface area (Å²) in [5.74, 6) is -1.56. The molecule has 6 nitrogen and oxygen atoms in total. The minimum absolute atomic E-state index is 0. The molecule has 0 saturated heterocycles. The van der Waals surface area contributed by atoms with Crippen LogP contribution in [0.5, 0.6) is 0 Å². The lowest BCUT2D eigenvalue weighted by molar-refractivity contribution is 0.0696. The molecule has 316 valence electrons. The van der Waals surface area contributed by atoms with E-state index in [-0.39, 0.29) is 42.0 Å². The van der Waals surface area contributed by atoms with Gasteiger partial charge in [-0.05, 0) is 119 Å². The zero-order valence-electron chi connectivity index (χ0n) is 34.1. The van der Waals surface area contributed by atoms with Crippen molar-refractivity contribution in [2.24, 2.45) is 14.1 Å². The third-order valence-corrected chi connectivity index (χ3v) is 10.4. The molecule has 62 heavy (non-hydrogen) atoms. The zero-order valence-corrected chi connectivity index (χ0v) is 36.3. The van der Waals surface area contributed by atoms with Gasteiger partial charge in [0.05, 0.1) is 5.56 Å². The molecular formula is C52H46F3IN2O4. The van der Waals surface area contributed by atoms with Crippen molar-refractivity contribution < 1.29 is 32.7 Å². The predicted octanol–water partition coefficient (Wildman–Crippen LogP) is 13.6. The van der Waals surface area contributed by atoms with Crippen molar-refractivity contribution in [3.63, 3.8) is 0 Å². The van der Waals surface area contributed by atoms with Crippen LogP contribution in [0.3, 0.4) is 0 Å². The number of Topliss-reactive ketones (excluding diaryl/α,β-unsaturated/α-hetero) is 2. The highest BCUT2D eigenvalue weighted by Crippen LogP contribution is 2.34. The summed E-state index contributed by atoms with van der Waals surface area (Å²) in [6.07, 6.45) is 6.87. The Morgan fingerprint density at radius 3 is 1.35 bits per heavy atom. The van der Waals surface area contributed by atoms with Crippen molar-refractivity contribution in [3.8, 4) is 22.3 Å². The lowest BCUT2D eigenvalue weighted by atomic mass is 9.97. The van der Waals surface area contributed by atoms with Crippen molar-refractivity contribution in [1.29, 1.82) is 0 Å². The summed E-state index contributed by atoms with van der Waals surface area (Å²) < 4.78 is 42.8. The molecule has 0 radical (unpaired) electrons. The first-order chi connectivity index (χ1) is 29.3. The Morgan fingerprint density at radius 2 is 0.919 bits per heavy atom. The maximum atomic E-state index is 13.0. The smallest absolute Gasteiger partial charge is 0.335 e. The third-order valence-electron chi connectivity index (χ3n) is 10.4. The van der Waals surface area contributed by atoms with Crippen LogP contribution in [-0.2, 0) is 20.5 Å². The zero-order chi connectivity index (χ0) is 44.0. The van der Waals surface area contributed by atoms with Crippen LogP contribution < -0.4 is 0 Å². The number of ketones is 2. The molecule has 0 aliphatic heterocycles. The standard InChI is InChI=1S/C17H14FNO.C17H13FO.C16H12FNO2.CH3I.CH4/c1-11(20)13-5-8-15-16(10-19(2)17(15)9-13)12-3-6-14(18)7-4-12;1-11(19)13-4-8-17-14(10-13)5-9-16(17)12-2-6-15(18)7-3-12;1-18-9-14(10-2-5-12(17)6-3-10)13-7-4-11(16(19)20)8-15(13)18;1-2;/h3-10H,1-2H3;2-4,6-10H,5H2,1H3;2-9H,1H3,(H,19,20);1H3;1H4. The van der Waals surface area contributed by atoms with E-state index in [1.807, 2.05) is 77.0 Å². The molecule has 0 amide bonds. The number of fused-ring (bicyclic) bond motifs is 3. The fourth-order valence-electron chi connectivity index (χ4n) is 7.31. The van der Waals surface area contributed by atoms with Crippen LogP contribution in [0.15, 0.2) is 146 Å². The van der Waals surface area contributed by atoms with Gasteiger partial charge in [0.15, 0.2) is 11.6 Å². The molecule has 8 aromatic rings. The molecule has 0 unspecified atom stereocenters. The van der Waals surface area contributed by atoms with Gasteiger partial charge in [0, 0.05) is 70.5 Å². The number of alkyl halides is 1. The van der Waals surface area contributed by atoms with E-state index in [1.165, 1.54) is 36.4 Å². The molecular weight excluding hydrogens is 900 g/mol. The van der Waals surface area contributed by atoms with E-state index in [0.717, 1.165) is 78.3 Å². The number of carboxylic acids is 1. The van der Waals surface area contributed by atoms with Crippen LogP contribution in [0.4, 0.5) is 13.2 Å². The fourth-order valence-corrected chi connectivity index (χ4v) is 7.31. The second-order valence-electron chi connectivity index (χ2n) is 14.4. The summed E-state index contributed by atoms with van der Waals surface area (Å²) in [4.78, 5) is 35.8. The van der Waals surface area contributed by atoms with Crippen LogP contribution in [0, 0.1) is 17.5 Å². The Morgan fingerprint density at radius 1 is 0.532 bits per heavy atom. The minimum atomic E-state index is -0.948. The van der Waals surface area contributed by atoms with Gasteiger partial charge in [-0.15, -0.1) is 0 Å². The van der Waals surface area contributed by atoms with E-state index < -0.39 is 5.97 Å². The summed E-state index contributed by atoms with van der Waals surface area (Å²) in [5.41, 5.74) is 11.8. The van der Waals surface area contributed by atoms with E-state index in [0.29, 0.717) is 5.56 Å². The second kappa shape index (κ2) is 20.4. The maximum Gasteiger partial charge on any atom is 0.335 e. The number of aromatic carboxylic acids is 1. The monoisotopic (exact) mass is 946 g/mol. The van der Waals surface area contributed by atoms with E-state index >= 15 is 0 Å². The van der Waals surface area contributed by atoms with Gasteiger partial charge >= 0.3 is 5.97 Å². The second-order valence-corrected chi connectivity index (χ2v) is 14.4. The molecule has 1 N–H and O–H groups in total. The van der Waals surface area contributed by atoms with Gasteiger partial charge in [-0.3, -0.25) is 9.59 Å². The number of carboxylic acid groups (broad SMARTS) is 1. The molecule has 2 heterocycles. The lowest BCUT2D eigenvalue weighted by Gasteiger charge is -2.07. The van der Waals surface area contributed by atoms with Crippen LogP contribution in [0.2, 0.25) is 0 Å². The molecule has 6 aromatic carbocycles. The number of halogens is 4. The lowest BCUT2D eigenvalue weighted by Crippen LogP contribution is -1.96. The van der Waals surface area contributed by atoms with Crippen molar-refractivity contribution in [2.45, 2.75) is 27.7 Å². The fraction of sp³-hybridized carbons (Fsp3) is 0.135. The summed E-state index contributed by atoms with van der Waals surface area (Å²) in [6, 6.07) is 35.7. The number of nitrogens with zero attached hydrogens (tertiary/aromatic N) is 2. The number of carbonyl (C=O) groups is 3. The number of aryl methyl sites for hydroxylation is 2. The first-order valence-electron chi connectivity index (χ1n) is 19.2. The van der Waals surface area contributed by atoms with E-state index in [4.69, 9.17) is 5.11 Å². The first kappa shape index (κ1) is 46.5. The molecule has 0 spiro atoms. The molecule has 0 fully saturated rings. The summed E-state index contributed by atoms with van der Waals surface area (Å²) in [7, 11) is 3.81. The molecule has 0 bridgehead atoms. The Kier molecular flexibility index (Phi) is 15.3. The summed E-state index contributed by atoms with van der Waals surface area (Å²) in [5, 5.41) is 11.0. The van der Waals surface area contributed by atoms with Crippen LogP contribution in [-0.4, -0.2) is 36.7 Å². The number of hydrogen-bond acceptors (Lipinski definition) is 3. The highest BCUT2D eigenvalue weighted by molar-refractivity contribution is 14.1. The van der Waals surface area contributed by atoms with Gasteiger partial charge in [0.25, 0.3) is 0 Å². The van der Waals surface area contributed by atoms with Crippen molar-refractivity contribution in [3.05, 3.63) is 197 Å². The van der Waals surface area contributed by atoms with Crippen molar-refractivity contribution in [1.82, 2.24) is 9.13 Å². The molecule has 0 atom stereocenters. The van der Waals surface area contributed by atoms with Gasteiger partial charge in [-0.25, -0.2) is 18.0 Å². The Labute approximate surface area is 373 Å². The first-order valence-corrected chi connectivity index (χ1v) is 21.4. The number of rotatable bonds is 6. The SMILES string of the molecule is C.CC(=O)c1ccc2c(-c3ccc(F)cc3)cn(C)c2c1.CC(=O)c1ccc2c(c1)CC=C2c1ccc(F)cc1.CI.Cn1cc(-c2ccc(F)cc2)c2ccc(C(=O)O)cc21. The minimum Gasteiger partial charge on any atom is -0.478 e. The largest absolute Gasteiger partial charge is 0.478 e. The molecule has 9 rings (SSSR count). The van der Waals surface area contributed by atoms with Crippen molar-refractivity contribution >= 4 is 67.5 Å². The van der Waals surface area contributed by atoms with Gasteiger partial charge < -0.3 is 14.2 Å². The number of aromatic nitrogens is 2. The number of carbonyl (C=O) groups excluding carboxylic acids is 2. The summed E-state index contributed by atoms with van der Waals surface area (Å²) >= 11 is 2.15. The quantitative estimate of drug-likeness (QED) is 0.102. The maximum absolute atomic E-state index is 13.0. The normalized spacial score (nSPS) is 11.1. The Hall–Kier alpha value is -6.53. The highest BCUT2D eigenvalue weighted by Gasteiger charge is 2.17. The number of hydrogen-bond donors (Lipinski definition) is 1. The van der Waals surface area contributed by atoms with Gasteiger partial charge in [-0.2, -0.15) is 0 Å². The van der Waals surface area contributed by atoms with Crippen LogP contribution >= 0.6 is 22.6 Å². The molecule has 10 heteroatoms. The Balaban J connectivity index is 0.000000171. The Bertz CT molecular complexity index is 2790. The van der Waals surface area contributed by atoms with E-state index in [9.17, 15) is 27.6 Å². The number of benzene rings is 6. The van der Waals surface area contributed by atoms with E-state index in [2.05, 4.69) is 28.7 Å². The topological polar surface area (TPSA) is 81.3 Å². The number of allylic oxidation sites excluding steroid dienone is 1. The molecule has 1 aliphatic rings. The van der Waals surface area contributed by atoms with Gasteiger partial charge in [-0.1, -0.05) is 103 Å². The average Bonchev–Trinajstić information content (AvgIpc) is 3.95. The predicted molar refractivity (Wildman–Crippen MR) is 254 cm³/mol. The third kappa shape index (κ3) is 10.3. The van der Waals surface area contributed by atoms with Gasteiger partial charge in [0.1, 0.15) is 17.5 Å². The highest BCUT2D eigenvalue weighted by atomic mass is 127. The summed E-state index contributed by atoms with van der Waals surface area (Å²) in [6.45, 7) is 3.13. The molecule has 2 aromatic heterocycles.